The van der Waals surface area contributed by atoms with Gasteiger partial charge in [-0.3, -0.25) is 4.79 Å². The molecular weight excluding hydrogens is 468 g/mol. The molecular formula is C31H52O6. The Labute approximate surface area is 223 Å². The van der Waals surface area contributed by atoms with Crippen molar-refractivity contribution < 1.29 is 30.0 Å². The highest BCUT2D eigenvalue weighted by molar-refractivity contribution is 5.74. The molecule has 212 valence electrons. The van der Waals surface area contributed by atoms with Crippen LogP contribution in [0.25, 0.3) is 0 Å². The van der Waals surface area contributed by atoms with Crippen molar-refractivity contribution in [3.05, 3.63) is 11.1 Å². The molecule has 0 aromatic heterocycles. The molecule has 0 radical (unpaired) electrons. The predicted octanol–water partition coefficient (Wildman–Crippen LogP) is 5.48. The smallest absolute Gasteiger partial charge is 0.310 e. The van der Waals surface area contributed by atoms with Crippen LogP contribution in [-0.2, 0) is 9.53 Å². The summed E-state index contributed by atoms with van der Waals surface area (Å²) < 4.78 is 6.57. The molecule has 0 aromatic rings. The van der Waals surface area contributed by atoms with Gasteiger partial charge in [0.2, 0.25) is 0 Å². The van der Waals surface area contributed by atoms with Crippen LogP contribution in [0.1, 0.15) is 113 Å². The summed E-state index contributed by atoms with van der Waals surface area (Å²) in [6, 6.07) is 0. The first-order chi connectivity index (χ1) is 16.8. The van der Waals surface area contributed by atoms with Crippen LogP contribution in [0, 0.1) is 34.5 Å². The number of carboxylic acid groups (broad SMARTS) is 1. The van der Waals surface area contributed by atoms with Gasteiger partial charge >= 0.3 is 5.97 Å². The van der Waals surface area contributed by atoms with Crippen molar-refractivity contribution in [2.24, 2.45) is 34.5 Å². The highest BCUT2D eigenvalue weighted by Gasteiger charge is 2.58. The summed E-state index contributed by atoms with van der Waals surface area (Å²) in [5, 5.41) is 44.0. The number of carboxylic acids is 1. The van der Waals surface area contributed by atoms with E-state index in [-0.39, 0.29) is 34.7 Å². The van der Waals surface area contributed by atoms with E-state index in [9.17, 15) is 25.2 Å². The quantitative estimate of drug-likeness (QED) is 0.366. The maximum Gasteiger partial charge on any atom is 0.310 e. The van der Waals surface area contributed by atoms with E-state index in [1.54, 1.807) is 0 Å². The number of hydrogen-bond donors (Lipinski definition) is 4. The minimum Gasteiger partial charge on any atom is -0.481 e. The lowest BCUT2D eigenvalue weighted by Gasteiger charge is -2.57. The lowest BCUT2D eigenvalue weighted by molar-refractivity contribution is -0.205. The molecule has 4 N–H and O–H groups in total. The van der Waals surface area contributed by atoms with Gasteiger partial charge in [-0.15, -0.1) is 0 Å². The molecule has 6 heteroatoms. The van der Waals surface area contributed by atoms with Crippen LogP contribution in [0.15, 0.2) is 11.1 Å². The van der Waals surface area contributed by atoms with E-state index in [2.05, 4.69) is 20.8 Å². The summed E-state index contributed by atoms with van der Waals surface area (Å²) in [4.78, 5) is 12.3. The van der Waals surface area contributed by atoms with Crippen molar-refractivity contribution in [2.75, 3.05) is 0 Å². The van der Waals surface area contributed by atoms with Gasteiger partial charge in [-0.2, -0.15) is 0 Å². The van der Waals surface area contributed by atoms with Gasteiger partial charge in [-0.1, -0.05) is 31.9 Å². The lowest BCUT2D eigenvalue weighted by atomic mass is 9.50. The second-order valence-corrected chi connectivity index (χ2v) is 15.0. The zero-order valence-corrected chi connectivity index (χ0v) is 24.4. The van der Waals surface area contributed by atoms with Crippen LogP contribution < -0.4 is 0 Å². The molecule has 0 spiro atoms. The van der Waals surface area contributed by atoms with Gasteiger partial charge in [-0.25, -0.2) is 0 Å². The Kier molecular flexibility index (Phi) is 7.31. The third kappa shape index (κ3) is 4.94. The van der Waals surface area contributed by atoms with Crippen molar-refractivity contribution in [1.29, 1.82) is 0 Å². The first kappa shape index (κ1) is 29.0. The van der Waals surface area contributed by atoms with E-state index in [4.69, 9.17) is 4.74 Å². The molecule has 1 heterocycles. The van der Waals surface area contributed by atoms with Gasteiger partial charge in [0, 0.05) is 0 Å². The van der Waals surface area contributed by atoms with Gasteiger partial charge in [0.05, 0.1) is 34.9 Å². The van der Waals surface area contributed by atoms with Gasteiger partial charge in [-0.05, 0) is 121 Å². The summed E-state index contributed by atoms with van der Waals surface area (Å²) >= 11 is 0. The molecule has 2 saturated carbocycles. The van der Waals surface area contributed by atoms with E-state index < -0.39 is 34.8 Å². The summed E-state index contributed by atoms with van der Waals surface area (Å²) in [5.74, 6) is -1.41. The number of allylic oxidation sites excluding steroid dienone is 1. The Hall–Kier alpha value is -0.950. The average Bonchev–Trinajstić information content (AvgIpc) is 2.85. The van der Waals surface area contributed by atoms with Crippen molar-refractivity contribution >= 4 is 5.97 Å². The van der Waals surface area contributed by atoms with Crippen molar-refractivity contribution in [1.82, 2.24) is 0 Å². The Morgan fingerprint density at radius 3 is 2.22 bits per heavy atom. The number of aliphatic hydroxyl groups excluding tert-OH is 1. The monoisotopic (exact) mass is 520 g/mol. The molecule has 1 aliphatic heterocycles. The van der Waals surface area contributed by atoms with Crippen LogP contribution in [-0.4, -0.2) is 55.4 Å². The molecule has 9 atom stereocenters. The molecule has 4 rings (SSSR count). The van der Waals surface area contributed by atoms with Gasteiger partial charge in [0.15, 0.2) is 0 Å². The molecule has 0 unspecified atom stereocenters. The number of aliphatic hydroxyl groups is 3. The molecule has 0 aromatic carbocycles. The fourth-order valence-corrected chi connectivity index (χ4v) is 9.03. The van der Waals surface area contributed by atoms with E-state index in [1.165, 1.54) is 5.57 Å². The average molecular weight is 521 g/mol. The number of ether oxygens (including phenoxy) is 1. The van der Waals surface area contributed by atoms with Crippen LogP contribution in [0.3, 0.4) is 0 Å². The topological polar surface area (TPSA) is 107 Å². The van der Waals surface area contributed by atoms with Gasteiger partial charge in [0.25, 0.3) is 0 Å². The summed E-state index contributed by atoms with van der Waals surface area (Å²) in [6.07, 6.45) is 5.75. The Balaban J connectivity index is 1.70. The third-order valence-electron chi connectivity index (χ3n) is 11.6. The van der Waals surface area contributed by atoms with E-state index >= 15 is 0 Å². The van der Waals surface area contributed by atoms with E-state index in [1.807, 2.05) is 34.6 Å². The van der Waals surface area contributed by atoms with Crippen LogP contribution in [0.2, 0.25) is 0 Å². The highest BCUT2D eigenvalue weighted by atomic mass is 16.5. The van der Waals surface area contributed by atoms with Crippen molar-refractivity contribution in [2.45, 2.75) is 142 Å². The molecule has 1 saturated heterocycles. The Morgan fingerprint density at radius 1 is 0.946 bits per heavy atom. The minimum atomic E-state index is -0.885. The Bertz CT molecular complexity index is 930. The van der Waals surface area contributed by atoms with Crippen molar-refractivity contribution in [3.63, 3.8) is 0 Å². The maximum absolute atomic E-state index is 12.3. The standard InChI is InChI=1S/C31H52O6/c1-18-19(25-21(17-20(18)26(33)34)30(7,35)16-15-27(25,2)3)9-10-22-29(6)13-11-23(32)28(4,5)37-24(29)12-14-31(22,8)36/h20-25,32,35-36H,9-17H2,1-8H3,(H,33,34)/t20-,21+,22+,23+,24+,25-,29+,30+,31-/m1/s1. The van der Waals surface area contributed by atoms with Crippen LogP contribution in [0.4, 0.5) is 0 Å². The van der Waals surface area contributed by atoms with E-state index in [0.29, 0.717) is 32.1 Å². The first-order valence-electron chi connectivity index (χ1n) is 14.6. The number of carbonyl (C=O) groups is 1. The lowest BCUT2D eigenvalue weighted by Crippen LogP contribution is -2.56. The minimum absolute atomic E-state index is 0.0337. The molecule has 37 heavy (non-hydrogen) atoms. The second kappa shape index (κ2) is 9.31. The SMILES string of the molecule is CC1=C(CC[C@H]2[C@]3(C)CC[C@H](O)C(C)(C)O[C@H]3CC[C@@]2(C)O)[C@@H]2[C@H](C[C@H]1C(=O)O)[C@@](C)(O)CCC2(C)C. The summed E-state index contributed by atoms with van der Waals surface area (Å²) in [7, 11) is 0. The normalized spacial score (nSPS) is 47.5. The molecule has 0 amide bonds. The number of rotatable bonds is 4. The molecule has 3 fully saturated rings. The van der Waals surface area contributed by atoms with Crippen molar-refractivity contribution in [3.8, 4) is 0 Å². The second-order valence-electron chi connectivity index (χ2n) is 15.0. The molecule has 6 nitrogen and oxygen atoms in total. The predicted molar refractivity (Wildman–Crippen MR) is 144 cm³/mol. The van der Waals surface area contributed by atoms with E-state index in [0.717, 1.165) is 31.3 Å². The first-order valence-corrected chi connectivity index (χ1v) is 14.6. The zero-order valence-electron chi connectivity index (χ0n) is 24.4. The molecule has 4 aliphatic rings. The van der Waals surface area contributed by atoms with Gasteiger partial charge < -0.3 is 25.2 Å². The summed E-state index contributed by atoms with van der Waals surface area (Å²) in [6.45, 7) is 16.5. The fourth-order valence-electron chi connectivity index (χ4n) is 9.03. The van der Waals surface area contributed by atoms with Crippen LogP contribution in [0.5, 0.6) is 0 Å². The maximum atomic E-state index is 12.3. The molecule has 3 aliphatic carbocycles. The Morgan fingerprint density at radius 2 is 1.59 bits per heavy atom. The van der Waals surface area contributed by atoms with Gasteiger partial charge in [0.1, 0.15) is 0 Å². The third-order valence-corrected chi connectivity index (χ3v) is 11.6. The molecule has 0 bridgehead atoms. The largest absolute Gasteiger partial charge is 0.481 e. The fraction of sp³-hybridized carbons (Fsp3) is 0.903. The van der Waals surface area contributed by atoms with Crippen LogP contribution >= 0.6 is 0 Å². The summed E-state index contributed by atoms with van der Waals surface area (Å²) in [5.41, 5.74) is -0.568. The number of aliphatic carboxylic acids is 1. The number of hydrogen-bond acceptors (Lipinski definition) is 5. The zero-order chi connectivity index (χ0) is 27.8. The number of fused-ring (bicyclic) bond motifs is 2. The highest BCUT2D eigenvalue weighted by Crippen LogP contribution is 2.60.